The molecule has 2 aliphatic heterocycles. The van der Waals surface area contributed by atoms with Gasteiger partial charge >= 0.3 is 5.97 Å². The lowest BCUT2D eigenvalue weighted by atomic mass is 9.89. The van der Waals surface area contributed by atoms with Crippen LogP contribution in [0, 0.1) is 23.7 Å². The molecule has 0 radical (unpaired) electrons. The Morgan fingerprint density at radius 2 is 1.62 bits per heavy atom. The van der Waals surface area contributed by atoms with Crippen LogP contribution in [0.4, 0.5) is 0 Å². The van der Waals surface area contributed by atoms with Gasteiger partial charge in [0.15, 0.2) is 0 Å². The molecule has 13 nitrogen and oxygen atoms in total. The second-order valence-corrected chi connectivity index (χ2v) is 18.4. The zero-order valence-electron chi connectivity index (χ0n) is 37.3. The van der Waals surface area contributed by atoms with Crippen LogP contribution in [-0.4, -0.2) is 133 Å². The number of likely N-dealkylation sites (N-methyl/N-ethyl adjacent to an activating group) is 2. The number of amides is 4. The minimum atomic E-state index is -0.919. The average Bonchev–Trinajstić information content (AvgIpc) is 3.93. The smallest absolute Gasteiger partial charge is 0.329 e. The molecule has 2 bridgehead atoms. The lowest BCUT2D eigenvalue weighted by Crippen LogP contribution is -2.60. The minimum Gasteiger partial charge on any atom is -0.458 e. The number of nitrogens with one attached hydrogen (secondary N) is 2. The molecule has 2 saturated heterocycles. The van der Waals surface area contributed by atoms with Crippen LogP contribution in [-0.2, 0) is 44.6 Å². The molecule has 2 N–H and O–H groups in total. The predicted octanol–water partition coefficient (Wildman–Crippen LogP) is 4.60. The zero-order valence-corrected chi connectivity index (χ0v) is 37.3. The van der Waals surface area contributed by atoms with E-state index >= 15 is 0 Å². The Kier molecular flexibility index (Phi) is 16.8. The van der Waals surface area contributed by atoms with Crippen molar-refractivity contribution in [3.8, 4) is 0 Å². The summed E-state index contributed by atoms with van der Waals surface area (Å²) in [7, 11) is 6.88. The number of hydrogen-bond acceptors (Lipinski definition) is 9. The number of rotatable bonds is 19. The van der Waals surface area contributed by atoms with E-state index in [1.165, 1.54) is 0 Å². The lowest BCUT2D eigenvalue weighted by molar-refractivity contribution is -0.159. The number of piperidine rings is 1. The van der Waals surface area contributed by atoms with Crippen LogP contribution in [0.15, 0.2) is 30.3 Å². The van der Waals surface area contributed by atoms with Crippen molar-refractivity contribution in [3.63, 3.8) is 0 Å². The molecule has 3 fully saturated rings. The molecule has 2 heterocycles. The summed E-state index contributed by atoms with van der Waals surface area (Å²) in [5.74, 6) is -1.92. The van der Waals surface area contributed by atoms with Gasteiger partial charge in [-0.1, -0.05) is 71.4 Å². The molecule has 58 heavy (non-hydrogen) atoms. The molecule has 3 aliphatic rings. The van der Waals surface area contributed by atoms with E-state index in [0.29, 0.717) is 24.9 Å². The normalized spacial score (nSPS) is 24.4. The highest BCUT2D eigenvalue weighted by Gasteiger charge is 2.49. The van der Waals surface area contributed by atoms with Crippen molar-refractivity contribution in [3.05, 3.63) is 35.9 Å². The molecule has 4 rings (SSSR count). The number of fused-ring (bicyclic) bond motifs is 2. The van der Waals surface area contributed by atoms with Gasteiger partial charge in [-0.25, -0.2) is 4.79 Å². The SMILES string of the molecule is CC[C@H](C)[C@@H]([C@@H](CC(=O)N1CCC[C@H]1[C@H](OC)[C@@H](C)C(=O)N[C@@H](Cc1ccccc1)C(=O)OC(C)(C)C)OC)N(C)C(=O)[C@@H](NC(=O)[C@@H]1[C@H]2CC[C@H](C2)N1C)C(C)C. The molecule has 0 spiro atoms. The van der Waals surface area contributed by atoms with Gasteiger partial charge in [-0.2, -0.15) is 0 Å². The van der Waals surface area contributed by atoms with E-state index in [0.717, 1.165) is 37.7 Å². The highest BCUT2D eigenvalue weighted by Crippen LogP contribution is 2.41. The molecule has 13 heteroatoms. The third-order valence-electron chi connectivity index (χ3n) is 13.0. The molecule has 11 atom stereocenters. The highest BCUT2D eigenvalue weighted by atomic mass is 16.6. The van der Waals surface area contributed by atoms with E-state index < -0.39 is 53.9 Å². The first kappa shape index (κ1) is 47.1. The maximum absolute atomic E-state index is 14.4. The van der Waals surface area contributed by atoms with Gasteiger partial charge in [0.1, 0.15) is 17.7 Å². The Bertz CT molecular complexity index is 1550. The molecular weight excluding hydrogens is 739 g/mol. The topological polar surface area (TPSA) is 147 Å². The molecule has 4 amide bonds. The number of carbonyl (C=O) groups is 5. The van der Waals surface area contributed by atoms with Gasteiger partial charge in [0.05, 0.1) is 42.7 Å². The van der Waals surface area contributed by atoms with Crippen molar-refractivity contribution in [2.45, 2.75) is 161 Å². The number of likely N-dealkylation sites (tertiary alicyclic amines) is 2. The summed E-state index contributed by atoms with van der Waals surface area (Å²) in [5, 5.41) is 6.07. The van der Waals surface area contributed by atoms with Crippen LogP contribution >= 0.6 is 0 Å². The molecule has 1 aromatic rings. The van der Waals surface area contributed by atoms with Crippen LogP contribution in [0.2, 0.25) is 0 Å². The number of methoxy groups -OCH3 is 2. The van der Waals surface area contributed by atoms with Gasteiger partial charge in [0.25, 0.3) is 0 Å². The minimum absolute atomic E-state index is 0.0169. The standard InChI is InChI=1S/C45H73N5O8/c1-13-28(4)38(49(10)43(54)37(27(2)3)47-42(53)39-31-21-22-32(25-31)48(39)9)35(56-11)26-36(51)50-23-17-20-34(50)40(57-12)29(5)41(52)46-33(44(55)58-45(6,7)8)24-30-18-15-14-16-19-30/h14-16,18-19,27-29,31-35,37-40H,13,17,20-26H2,1-12H3,(H,46,52)(H,47,53)/t28-,29+,31-,32+,33-,34-,35+,37-,38-,39-,40+/m0/s1. The molecule has 0 aromatic heterocycles. The Morgan fingerprint density at radius 1 is 0.948 bits per heavy atom. The highest BCUT2D eigenvalue weighted by molar-refractivity contribution is 5.91. The van der Waals surface area contributed by atoms with Crippen LogP contribution in [0.1, 0.15) is 106 Å². The van der Waals surface area contributed by atoms with Crippen molar-refractivity contribution in [1.29, 1.82) is 0 Å². The van der Waals surface area contributed by atoms with E-state index in [1.807, 2.05) is 51.2 Å². The van der Waals surface area contributed by atoms with E-state index in [9.17, 15) is 24.0 Å². The number of ether oxygens (including phenoxy) is 3. The van der Waals surface area contributed by atoms with E-state index in [-0.39, 0.29) is 54.3 Å². The first-order valence-corrected chi connectivity index (χ1v) is 21.5. The summed E-state index contributed by atoms with van der Waals surface area (Å²) in [6.07, 6.45) is 4.27. The lowest BCUT2D eigenvalue weighted by Gasteiger charge is -2.41. The molecule has 1 aliphatic carbocycles. The van der Waals surface area contributed by atoms with Gasteiger partial charge in [-0.05, 0) is 83.2 Å². The molecular formula is C45H73N5O8. The molecule has 1 aromatic carbocycles. The summed E-state index contributed by atoms with van der Waals surface area (Å²) < 4.78 is 17.8. The number of carbonyl (C=O) groups excluding carboxylic acids is 5. The third-order valence-corrected chi connectivity index (χ3v) is 13.0. The predicted molar refractivity (Wildman–Crippen MR) is 223 cm³/mol. The van der Waals surface area contributed by atoms with E-state index in [1.54, 1.807) is 58.8 Å². The van der Waals surface area contributed by atoms with Gasteiger partial charge in [-0.15, -0.1) is 0 Å². The summed E-state index contributed by atoms with van der Waals surface area (Å²) >= 11 is 0. The van der Waals surface area contributed by atoms with Crippen molar-refractivity contribution >= 4 is 29.6 Å². The number of hydrogen-bond donors (Lipinski definition) is 2. The molecule has 326 valence electrons. The van der Waals surface area contributed by atoms with E-state index in [2.05, 4.69) is 29.4 Å². The second-order valence-electron chi connectivity index (χ2n) is 18.4. The maximum atomic E-state index is 14.4. The van der Waals surface area contributed by atoms with E-state index in [4.69, 9.17) is 14.2 Å². The summed E-state index contributed by atoms with van der Waals surface area (Å²) in [6, 6.07) is 7.16. The summed E-state index contributed by atoms with van der Waals surface area (Å²) in [6.45, 7) is 15.6. The fourth-order valence-corrected chi connectivity index (χ4v) is 9.60. The van der Waals surface area contributed by atoms with Gasteiger partial charge in [0, 0.05) is 40.3 Å². The molecule has 0 unspecified atom stereocenters. The number of nitrogens with zero attached hydrogens (tertiary/aromatic N) is 3. The van der Waals surface area contributed by atoms with Crippen LogP contribution in [0.25, 0.3) is 0 Å². The summed E-state index contributed by atoms with van der Waals surface area (Å²) in [4.78, 5) is 75.3. The van der Waals surface area contributed by atoms with Gasteiger partial charge in [0.2, 0.25) is 23.6 Å². The van der Waals surface area contributed by atoms with Crippen molar-refractivity contribution < 1.29 is 38.2 Å². The van der Waals surface area contributed by atoms with Gasteiger partial charge in [-0.3, -0.25) is 24.1 Å². The Balaban J connectivity index is 1.47. The number of esters is 1. The van der Waals surface area contributed by atoms with Crippen LogP contribution < -0.4 is 10.6 Å². The van der Waals surface area contributed by atoms with Crippen LogP contribution in [0.3, 0.4) is 0 Å². The van der Waals surface area contributed by atoms with Crippen molar-refractivity contribution in [2.75, 3.05) is 34.9 Å². The fraction of sp³-hybridized carbons (Fsp3) is 0.756. The average molecular weight is 812 g/mol. The first-order valence-electron chi connectivity index (χ1n) is 21.5. The monoisotopic (exact) mass is 812 g/mol. The number of benzene rings is 1. The largest absolute Gasteiger partial charge is 0.458 e. The van der Waals surface area contributed by atoms with Gasteiger partial charge < -0.3 is 34.6 Å². The van der Waals surface area contributed by atoms with Crippen molar-refractivity contribution in [2.24, 2.45) is 23.7 Å². The Labute approximate surface area is 347 Å². The maximum Gasteiger partial charge on any atom is 0.329 e. The van der Waals surface area contributed by atoms with Crippen molar-refractivity contribution in [1.82, 2.24) is 25.3 Å². The Hall–Kier alpha value is -3.55. The molecule has 1 saturated carbocycles. The summed E-state index contributed by atoms with van der Waals surface area (Å²) in [5.41, 5.74) is 0.141. The third kappa shape index (κ3) is 11.4. The quantitative estimate of drug-likeness (QED) is 0.192. The zero-order chi connectivity index (χ0) is 43.1. The van der Waals surface area contributed by atoms with Crippen LogP contribution in [0.5, 0.6) is 0 Å². The Morgan fingerprint density at radius 3 is 2.17 bits per heavy atom. The second kappa shape index (κ2) is 20.6. The first-order chi connectivity index (χ1) is 27.3. The fourth-order valence-electron chi connectivity index (χ4n) is 9.60.